The Balaban J connectivity index is 2.39. The Kier molecular flexibility index (Phi) is 2.84. The van der Waals surface area contributed by atoms with E-state index in [0.717, 1.165) is 17.7 Å². The second-order valence-electron chi connectivity index (χ2n) is 4.00. The first-order chi connectivity index (χ1) is 7.24. The molecule has 0 spiro atoms. The molecule has 1 saturated heterocycles. The molecule has 1 aromatic carbocycles. The van der Waals surface area contributed by atoms with Gasteiger partial charge in [0.2, 0.25) is 0 Å². The highest BCUT2D eigenvalue weighted by Crippen LogP contribution is 2.29. The molecule has 1 fully saturated rings. The Morgan fingerprint density at radius 1 is 1.47 bits per heavy atom. The third kappa shape index (κ3) is 1.80. The zero-order valence-corrected chi connectivity index (χ0v) is 8.94. The van der Waals surface area contributed by atoms with Gasteiger partial charge in [-0.3, -0.25) is 9.69 Å². The molecule has 1 unspecified atom stereocenters. The lowest BCUT2D eigenvalue weighted by Gasteiger charge is -2.20. The maximum atomic E-state index is 11.8. The highest BCUT2D eigenvalue weighted by atomic mass is 16.1. The van der Waals surface area contributed by atoms with E-state index < -0.39 is 0 Å². The van der Waals surface area contributed by atoms with Crippen LogP contribution in [0.15, 0.2) is 24.3 Å². The van der Waals surface area contributed by atoms with Crippen molar-refractivity contribution in [2.45, 2.75) is 19.0 Å². The highest BCUT2D eigenvalue weighted by molar-refractivity contribution is 5.87. The molecule has 3 nitrogen and oxygen atoms in total. The van der Waals surface area contributed by atoms with Crippen LogP contribution in [0.25, 0.3) is 0 Å². The van der Waals surface area contributed by atoms with Crippen molar-refractivity contribution in [1.82, 2.24) is 4.90 Å². The number of Topliss-reactive ketones (excluding diaryl/α,β-unsaturated/α-hetero) is 1. The van der Waals surface area contributed by atoms with Crippen molar-refractivity contribution in [3.05, 3.63) is 35.4 Å². The van der Waals surface area contributed by atoms with Gasteiger partial charge in [-0.15, -0.1) is 0 Å². The predicted molar refractivity (Wildman–Crippen MR) is 59.3 cm³/mol. The molecule has 1 heterocycles. The first kappa shape index (κ1) is 10.3. The summed E-state index contributed by atoms with van der Waals surface area (Å²) in [5, 5.41) is 0. The van der Waals surface area contributed by atoms with E-state index in [1.807, 2.05) is 31.3 Å². The third-order valence-corrected chi connectivity index (χ3v) is 3.03. The number of likely N-dealkylation sites (N-methyl/N-ethyl adjacent to an activating group) is 1. The zero-order chi connectivity index (χ0) is 10.8. The van der Waals surface area contributed by atoms with Crippen molar-refractivity contribution in [2.24, 2.45) is 5.73 Å². The van der Waals surface area contributed by atoms with Gasteiger partial charge in [-0.2, -0.15) is 0 Å². The van der Waals surface area contributed by atoms with E-state index >= 15 is 0 Å². The fourth-order valence-corrected chi connectivity index (χ4v) is 2.20. The van der Waals surface area contributed by atoms with E-state index in [1.54, 1.807) is 0 Å². The van der Waals surface area contributed by atoms with Crippen molar-refractivity contribution in [2.75, 3.05) is 13.6 Å². The molecule has 0 aromatic heterocycles. The minimum atomic E-state index is -0.0789. The fourth-order valence-electron chi connectivity index (χ4n) is 2.20. The molecule has 0 bridgehead atoms. The summed E-state index contributed by atoms with van der Waals surface area (Å²) in [6.45, 7) is 1.34. The Morgan fingerprint density at radius 2 is 2.20 bits per heavy atom. The van der Waals surface area contributed by atoms with Crippen LogP contribution in [0.5, 0.6) is 0 Å². The summed E-state index contributed by atoms with van der Waals surface area (Å²) in [7, 11) is 1.99. The molecule has 1 aliphatic rings. The number of carbonyl (C=O) groups excluding carboxylic acids is 1. The number of rotatable bonds is 2. The number of nitrogens with two attached hydrogens (primary N) is 1. The number of likely N-dealkylation sites (tertiary alicyclic amines) is 1. The van der Waals surface area contributed by atoms with E-state index in [2.05, 4.69) is 4.90 Å². The van der Waals surface area contributed by atoms with Crippen molar-refractivity contribution >= 4 is 5.78 Å². The minimum absolute atomic E-state index is 0.0789. The largest absolute Gasteiger partial charge is 0.326 e. The standard InChI is InChI=1S/C12H16N2O/c1-14-7-6-11(15)12(14)10-5-3-2-4-9(10)8-13/h2-5,12H,6-8,13H2,1H3. The normalized spacial score (nSPS) is 22.3. The summed E-state index contributed by atoms with van der Waals surface area (Å²) in [4.78, 5) is 13.9. The van der Waals surface area contributed by atoms with Crippen LogP contribution in [-0.2, 0) is 11.3 Å². The van der Waals surface area contributed by atoms with Gasteiger partial charge in [0.15, 0.2) is 5.78 Å². The van der Waals surface area contributed by atoms with Gasteiger partial charge >= 0.3 is 0 Å². The quantitative estimate of drug-likeness (QED) is 0.784. The molecule has 2 N–H and O–H groups in total. The minimum Gasteiger partial charge on any atom is -0.326 e. The first-order valence-corrected chi connectivity index (χ1v) is 5.25. The number of carbonyl (C=O) groups is 1. The molecule has 2 rings (SSSR count). The van der Waals surface area contributed by atoms with Gasteiger partial charge in [0.1, 0.15) is 0 Å². The van der Waals surface area contributed by atoms with Crippen molar-refractivity contribution in [3.8, 4) is 0 Å². The molecular weight excluding hydrogens is 188 g/mol. The van der Waals surface area contributed by atoms with Crippen LogP contribution in [0.4, 0.5) is 0 Å². The lowest BCUT2D eigenvalue weighted by molar-refractivity contribution is -0.119. The number of hydrogen-bond donors (Lipinski definition) is 1. The predicted octanol–water partition coefficient (Wildman–Crippen LogP) is 1.09. The van der Waals surface area contributed by atoms with Crippen LogP contribution in [0.1, 0.15) is 23.6 Å². The number of ketones is 1. The van der Waals surface area contributed by atoms with Crippen molar-refractivity contribution in [3.63, 3.8) is 0 Å². The molecular formula is C12H16N2O. The molecule has 0 aliphatic carbocycles. The molecule has 0 radical (unpaired) electrons. The van der Waals surface area contributed by atoms with Crippen LogP contribution < -0.4 is 5.73 Å². The number of benzene rings is 1. The molecule has 1 aliphatic heterocycles. The Morgan fingerprint density at radius 3 is 2.80 bits per heavy atom. The van der Waals surface area contributed by atoms with Crippen molar-refractivity contribution in [1.29, 1.82) is 0 Å². The second-order valence-corrected chi connectivity index (χ2v) is 4.00. The second kappa shape index (κ2) is 4.13. The summed E-state index contributed by atoms with van der Waals surface area (Å²) in [5.41, 5.74) is 7.83. The summed E-state index contributed by atoms with van der Waals surface area (Å²) in [6, 6.07) is 7.85. The molecule has 0 amide bonds. The number of nitrogens with zero attached hydrogens (tertiary/aromatic N) is 1. The fraction of sp³-hybridized carbons (Fsp3) is 0.417. The summed E-state index contributed by atoms with van der Waals surface area (Å²) >= 11 is 0. The summed E-state index contributed by atoms with van der Waals surface area (Å²) in [6.07, 6.45) is 0.653. The van der Waals surface area contributed by atoms with Crippen LogP contribution in [0.3, 0.4) is 0 Å². The van der Waals surface area contributed by atoms with Gasteiger partial charge < -0.3 is 5.73 Å². The SMILES string of the molecule is CN1CCC(=O)C1c1ccccc1CN. The van der Waals surface area contributed by atoms with Gasteiger partial charge in [-0.1, -0.05) is 24.3 Å². The van der Waals surface area contributed by atoms with E-state index in [1.165, 1.54) is 0 Å². The van der Waals surface area contributed by atoms with Gasteiger partial charge in [-0.25, -0.2) is 0 Å². The summed E-state index contributed by atoms with van der Waals surface area (Å²) in [5.74, 6) is 0.304. The smallest absolute Gasteiger partial charge is 0.155 e. The zero-order valence-electron chi connectivity index (χ0n) is 8.94. The highest BCUT2D eigenvalue weighted by Gasteiger charge is 2.31. The molecule has 1 atom stereocenters. The van der Waals surface area contributed by atoms with E-state index in [0.29, 0.717) is 18.7 Å². The average Bonchev–Trinajstić information content (AvgIpc) is 2.59. The Bertz CT molecular complexity index is 376. The summed E-state index contributed by atoms with van der Waals surface area (Å²) < 4.78 is 0. The maximum absolute atomic E-state index is 11.8. The Hall–Kier alpha value is -1.19. The van der Waals surface area contributed by atoms with Gasteiger partial charge in [0.05, 0.1) is 6.04 Å². The molecule has 80 valence electrons. The van der Waals surface area contributed by atoms with Crippen LogP contribution in [-0.4, -0.2) is 24.3 Å². The molecule has 3 heteroatoms. The van der Waals surface area contributed by atoms with Crippen LogP contribution >= 0.6 is 0 Å². The monoisotopic (exact) mass is 204 g/mol. The van der Waals surface area contributed by atoms with E-state index in [-0.39, 0.29) is 6.04 Å². The molecule has 15 heavy (non-hydrogen) atoms. The van der Waals surface area contributed by atoms with Gasteiger partial charge in [-0.05, 0) is 18.2 Å². The van der Waals surface area contributed by atoms with E-state index in [4.69, 9.17) is 5.73 Å². The third-order valence-electron chi connectivity index (χ3n) is 3.03. The maximum Gasteiger partial charge on any atom is 0.155 e. The van der Waals surface area contributed by atoms with Crippen LogP contribution in [0.2, 0.25) is 0 Å². The van der Waals surface area contributed by atoms with Crippen molar-refractivity contribution < 1.29 is 4.79 Å². The van der Waals surface area contributed by atoms with Crippen LogP contribution in [0, 0.1) is 0 Å². The average molecular weight is 204 g/mol. The molecule has 1 aromatic rings. The van der Waals surface area contributed by atoms with E-state index in [9.17, 15) is 4.79 Å². The lowest BCUT2D eigenvalue weighted by Crippen LogP contribution is -2.22. The van der Waals surface area contributed by atoms with Gasteiger partial charge in [0, 0.05) is 19.5 Å². The lowest BCUT2D eigenvalue weighted by atomic mass is 9.98. The number of hydrogen-bond acceptors (Lipinski definition) is 3. The Labute approximate surface area is 89.9 Å². The topological polar surface area (TPSA) is 46.3 Å². The molecule has 0 saturated carbocycles. The van der Waals surface area contributed by atoms with Gasteiger partial charge in [0.25, 0.3) is 0 Å². The first-order valence-electron chi connectivity index (χ1n) is 5.25.